The molecule has 4 rings (SSSR count). The maximum absolute atomic E-state index is 13.2. The molecule has 0 saturated carbocycles. The quantitative estimate of drug-likeness (QED) is 0.397. The van der Waals surface area contributed by atoms with Gasteiger partial charge in [-0.3, -0.25) is 10.1 Å². The number of aliphatic hydroxyl groups is 2. The largest absolute Gasteiger partial charge is 0.476 e. The molecule has 0 spiro atoms. The average molecular weight is 446 g/mol. The fraction of sp³-hybridized carbons (Fsp3) is 0.125. The van der Waals surface area contributed by atoms with E-state index in [0.717, 1.165) is 4.70 Å². The Hall–Kier alpha value is -3.77. The van der Waals surface area contributed by atoms with Gasteiger partial charge in [0.2, 0.25) is 6.10 Å². The zero-order valence-corrected chi connectivity index (χ0v) is 17.7. The highest BCUT2D eigenvalue weighted by atomic mass is 32.1. The number of rotatable bonds is 7. The predicted molar refractivity (Wildman–Crippen MR) is 121 cm³/mol. The maximum atomic E-state index is 13.2. The number of nitrogens with zero attached hydrogens (tertiary/aromatic N) is 2. The Morgan fingerprint density at radius 1 is 1.06 bits per heavy atom. The molecule has 1 aromatic heterocycles. The number of benzene rings is 3. The van der Waals surface area contributed by atoms with Crippen LogP contribution in [0.3, 0.4) is 0 Å². The molecule has 0 fully saturated rings. The molecule has 1 unspecified atom stereocenters. The van der Waals surface area contributed by atoms with Gasteiger partial charge in [0.05, 0.1) is 35.1 Å². The third-order valence-corrected chi connectivity index (χ3v) is 5.79. The highest BCUT2D eigenvalue weighted by Crippen LogP contribution is 2.30. The number of aliphatic hydroxyl groups excluding tert-OH is 2. The lowest BCUT2D eigenvalue weighted by Gasteiger charge is -2.18. The maximum Gasteiger partial charge on any atom is 0.271 e. The van der Waals surface area contributed by atoms with Crippen molar-refractivity contribution < 1.29 is 19.7 Å². The van der Waals surface area contributed by atoms with Gasteiger partial charge in [0.1, 0.15) is 5.75 Å². The number of aromatic nitrogens is 1. The first kappa shape index (κ1) is 21.5. The van der Waals surface area contributed by atoms with Crippen molar-refractivity contribution in [3.05, 3.63) is 89.0 Å². The van der Waals surface area contributed by atoms with E-state index in [-0.39, 0.29) is 13.2 Å². The standard InChI is InChI=1S/C24H19N3O4S/c25-12-15-6-8-16(9-7-15)22(31-19-4-2-1-3-5-19)23(30)27-24-26-20-10-17(13-28)18(14-29)11-21(20)32-24/h1-11,22,28-29H,13-14H2,(H,26,27,30). The van der Waals surface area contributed by atoms with Crippen LogP contribution in [-0.4, -0.2) is 21.1 Å². The lowest BCUT2D eigenvalue weighted by molar-refractivity contribution is -0.123. The molecule has 8 heteroatoms. The second-order valence-corrected chi connectivity index (χ2v) is 7.99. The van der Waals surface area contributed by atoms with Gasteiger partial charge in [-0.2, -0.15) is 5.26 Å². The second kappa shape index (κ2) is 9.58. The van der Waals surface area contributed by atoms with Gasteiger partial charge in [-0.1, -0.05) is 41.7 Å². The van der Waals surface area contributed by atoms with Crippen LogP contribution in [0.2, 0.25) is 0 Å². The first-order valence-electron chi connectivity index (χ1n) is 9.78. The molecule has 3 N–H and O–H groups in total. The lowest BCUT2D eigenvalue weighted by atomic mass is 10.1. The van der Waals surface area contributed by atoms with E-state index in [1.54, 1.807) is 48.5 Å². The Bertz CT molecular complexity index is 1240. The van der Waals surface area contributed by atoms with Crippen molar-refractivity contribution in [3.63, 3.8) is 0 Å². The van der Waals surface area contributed by atoms with Crippen LogP contribution in [0.5, 0.6) is 5.75 Å². The van der Waals surface area contributed by atoms with E-state index >= 15 is 0 Å². The summed E-state index contributed by atoms with van der Waals surface area (Å²) in [6.45, 7) is -0.409. The molecule has 1 atom stereocenters. The van der Waals surface area contributed by atoms with Gasteiger partial charge in [0.25, 0.3) is 5.91 Å². The fourth-order valence-electron chi connectivity index (χ4n) is 3.22. The van der Waals surface area contributed by atoms with Crippen LogP contribution in [0.4, 0.5) is 5.13 Å². The summed E-state index contributed by atoms with van der Waals surface area (Å²) < 4.78 is 6.75. The summed E-state index contributed by atoms with van der Waals surface area (Å²) in [6.07, 6.45) is -0.960. The van der Waals surface area contributed by atoms with Gasteiger partial charge in [-0.05, 0) is 47.5 Å². The van der Waals surface area contributed by atoms with Crippen LogP contribution < -0.4 is 10.1 Å². The fourth-order valence-corrected chi connectivity index (χ4v) is 4.13. The number of ether oxygens (including phenoxy) is 1. The third kappa shape index (κ3) is 4.60. The zero-order chi connectivity index (χ0) is 22.5. The SMILES string of the molecule is N#Cc1ccc(C(Oc2ccccc2)C(=O)Nc2nc3cc(CO)c(CO)cc3s2)cc1. The van der Waals surface area contributed by atoms with Crippen molar-refractivity contribution in [2.45, 2.75) is 19.3 Å². The van der Waals surface area contributed by atoms with Crippen molar-refractivity contribution in [3.8, 4) is 11.8 Å². The molecule has 32 heavy (non-hydrogen) atoms. The molecule has 1 heterocycles. The summed E-state index contributed by atoms with van der Waals surface area (Å²) in [4.78, 5) is 17.6. The van der Waals surface area contributed by atoms with Crippen molar-refractivity contribution in [1.29, 1.82) is 5.26 Å². The molecule has 0 aliphatic heterocycles. The van der Waals surface area contributed by atoms with Crippen molar-refractivity contribution in [1.82, 2.24) is 4.98 Å². The topological polar surface area (TPSA) is 115 Å². The van der Waals surface area contributed by atoms with Crippen LogP contribution in [0.25, 0.3) is 10.2 Å². The van der Waals surface area contributed by atoms with Crippen LogP contribution >= 0.6 is 11.3 Å². The Morgan fingerprint density at radius 3 is 2.41 bits per heavy atom. The lowest BCUT2D eigenvalue weighted by Crippen LogP contribution is -2.25. The number of para-hydroxylation sites is 1. The highest BCUT2D eigenvalue weighted by molar-refractivity contribution is 7.22. The van der Waals surface area contributed by atoms with Crippen LogP contribution in [0.15, 0.2) is 66.7 Å². The van der Waals surface area contributed by atoms with E-state index in [4.69, 9.17) is 10.00 Å². The van der Waals surface area contributed by atoms with Crippen molar-refractivity contribution in [2.24, 2.45) is 0 Å². The monoisotopic (exact) mass is 445 g/mol. The van der Waals surface area contributed by atoms with E-state index < -0.39 is 12.0 Å². The molecule has 0 saturated heterocycles. The van der Waals surface area contributed by atoms with E-state index in [1.165, 1.54) is 11.3 Å². The number of thiazole rings is 1. The number of amides is 1. The van der Waals surface area contributed by atoms with Gasteiger partial charge in [0.15, 0.2) is 5.13 Å². The summed E-state index contributed by atoms with van der Waals surface area (Å²) in [6, 6.07) is 21.2. The molecule has 0 aliphatic rings. The summed E-state index contributed by atoms with van der Waals surface area (Å²) in [5, 5.41) is 31.2. The molecule has 160 valence electrons. The number of nitriles is 1. The van der Waals surface area contributed by atoms with Crippen molar-refractivity contribution in [2.75, 3.05) is 5.32 Å². The van der Waals surface area contributed by atoms with Gasteiger partial charge < -0.3 is 14.9 Å². The molecule has 0 bridgehead atoms. The average Bonchev–Trinajstić information content (AvgIpc) is 3.23. The van der Waals surface area contributed by atoms with Crippen LogP contribution in [0, 0.1) is 11.3 Å². The van der Waals surface area contributed by atoms with Gasteiger partial charge in [-0.25, -0.2) is 4.98 Å². The molecule has 3 aromatic carbocycles. The number of carbonyl (C=O) groups is 1. The molecule has 0 aliphatic carbocycles. The summed E-state index contributed by atoms with van der Waals surface area (Å²) >= 11 is 1.26. The molecular formula is C24H19N3O4S. The number of anilines is 1. The summed E-state index contributed by atoms with van der Waals surface area (Å²) in [5.41, 5.74) is 2.90. The smallest absolute Gasteiger partial charge is 0.271 e. The second-order valence-electron chi connectivity index (χ2n) is 6.96. The summed E-state index contributed by atoms with van der Waals surface area (Å²) in [7, 11) is 0. The normalized spacial score (nSPS) is 11.7. The first-order chi connectivity index (χ1) is 15.6. The number of hydrogen-bond donors (Lipinski definition) is 3. The minimum Gasteiger partial charge on any atom is -0.476 e. The third-order valence-electron chi connectivity index (χ3n) is 4.86. The van der Waals surface area contributed by atoms with E-state index in [1.807, 2.05) is 18.2 Å². The Labute approximate surface area is 188 Å². The molecule has 4 aromatic rings. The number of nitrogens with one attached hydrogen (secondary N) is 1. The van der Waals surface area contributed by atoms with E-state index in [2.05, 4.69) is 16.4 Å². The number of carbonyl (C=O) groups excluding carboxylic acids is 1. The van der Waals surface area contributed by atoms with Crippen LogP contribution in [-0.2, 0) is 18.0 Å². The zero-order valence-electron chi connectivity index (χ0n) is 16.9. The van der Waals surface area contributed by atoms with Gasteiger partial charge in [0, 0.05) is 5.56 Å². The van der Waals surface area contributed by atoms with E-state index in [0.29, 0.717) is 38.7 Å². The van der Waals surface area contributed by atoms with Gasteiger partial charge in [-0.15, -0.1) is 0 Å². The molecule has 7 nitrogen and oxygen atoms in total. The minimum absolute atomic E-state index is 0.197. The number of hydrogen-bond acceptors (Lipinski definition) is 7. The Morgan fingerprint density at radius 2 is 1.75 bits per heavy atom. The minimum atomic E-state index is -0.960. The number of fused-ring (bicyclic) bond motifs is 1. The van der Waals surface area contributed by atoms with Gasteiger partial charge >= 0.3 is 0 Å². The van der Waals surface area contributed by atoms with E-state index in [9.17, 15) is 15.0 Å². The Balaban J connectivity index is 1.63. The Kier molecular flexibility index (Phi) is 6.42. The molecular weight excluding hydrogens is 426 g/mol. The molecule has 1 amide bonds. The first-order valence-corrected chi connectivity index (χ1v) is 10.6. The van der Waals surface area contributed by atoms with Crippen molar-refractivity contribution >= 4 is 32.6 Å². The highest BCUT2D eigenvalue weighted by Gasteiger charge is 2.24. The molecule has 0 radical (unpaired) electrons. The van der Waals surface area contributed by atoms with Crippen LogP contribution in [0.1, 0.15) is 28.4 Å². The predicted octanol–water partition coefficient (Wildman–Crippen LogP) is 3.91. The summed E-state index contributed by atoms with van der Waals surface area (Å²) in [5.74, 6) is 0.115.